The van der Waals surface area contributed by atoms with Gasteiger partial charge >= 0.3 is 0 Å². The van der Waals surface area contributed by atoms with Crippen LogP contribution in [0.1, 0.15) is 23.2 Å². The van der Waals surface area contributed by atoms with Crippen molar-refractivity contribution >= 4 is 5.91 Å². The molecule has 2 heterocycles. The van der Waals surface area contributed by atoms with Crippen LogP contribution in [0.2, 0.25) is 0 Å². The molecule has 3 N–H and O–H groups in total. The van der Waals surface area contributed by atoms with E-state index >= 15 is 0 Å². The number of nitrogens with zero attached hydrogens (tertiary/aromatic N) is 2. The lowest BCUT2D eigenvalue weighted by atomic mass is 9.99. The van der Waals surface area contributed by atoms with Gasteiger partial charge in [0.05, 0.1) is 6.20 Å². The molecule has 1 saturated heterocycles. The van der Waals surface area contributed by atoms with Crippen molar-refractivity contribution in [2.75, 3.05) is 32.8 Å². The summed E-state index contributed by atoms with van der Waals surface area (Å²) in [4.78, 5) is 14.6. The van der Waals surface area contributed by atoms with Crippen molar-refractivity contribution < 1.29 is 9.90 Å². The number of aromatic nitrogens is 2. The lowest BCUT2D eigenvalue weighted by Gasteiger charge is -2.31. The number of H-pyrrole nitrogens is 1. The summed E-state index contributed by atoms with van der Waals surface area (Å²) in [5, 5.41) is 19.0. The molecule has 6 heteroatoms. The fourth-order valence-corrected chi connectivity index (χ4v) is 3.18. The minimum Gasteiger partial charge on any atom is -0.396 e. The molecule has 0 radical (unpaired) electrons. The molecule has 1 aromatic carbocycles. The van der Waals surface area contributed by atoms with E-state index in [-0.39, 0.29) is 12.5 Å². The zero-order chi connectivity index (χ0) is 16.8. The lowest BCUT2D eigenvalue weighted by molar-refractivity contribution is 0.0930. The van der Waals surface area contributed by atoms with Gasteiger partial charge in [-0.05, 0) is 43.0 Å². The lowest BCUT2D eigenvalue weighted by Crippen LogP contribution is -2.41. The Balaban J connectivity index is 1.51. The van der Waals surface area contributed by atoms with Crippen molar-refractivity contribution in [2.24, 2.45) is 5.92 Å². The van der Waals surface area contributed by atoms with Crippen LogP contribution in [0.4, 0.5) is 0 Å². The maximum Gasteiger partial charge on any atom is 0.251 e. The number of aromatic amines is 1. The second kappa shape index (κ2) is 8.08. The monoisotopic (exact) mass is 328 g/mol. The van der Waals surface area contributed by atoms with Gasteiger partial charge in [-0.1, -0.05) is 12.1 Å². The van der Waals surface area contributed by atoms with E-state index in [9.17, 15) is 9.90 Å². The third kappa shape index (κ3) is 4.21. The van der Waals surface area contributed by atoms with E-state index in [1.807, 2.05) is 30.5 Å². The molecule has 0 aliphatic carbocycles. The third-order valence-electron chi connectivity index (χ3n) is 4.53. The van der Waals surface area contributed by atoms with Gasteiger partial charge in [0.25, 0.3) is 5.91 Å². The summed E-state index contributed by atoms with van der Waals surface area (Å²) in [5.74, 6) is 0.317. The molecule has 24 heavy (non-hydrogen) atoms. The molecule has 1 fully saturated rings. The number of aliphatic hydroxyl groups excluding tert-OH is 1. The summed E-state index contributed by atoms with van der Waals surface area (Å²) in [6.45, 7) is 3.66. The Morgan fingerprint density at radius 3 is 3.12 bits per heavy atom. The van der Waals surface area contributed by atoms with Crippen LogP contribution in [0, 0.1) is 5.92 Å². The minimum atomic E-state index is -0.0592. The van der Waals surface area contributed by atoms with Crippen molar-refractivity contribution in [1.29, 1.82) is 0 Å². The van der Waals surface area contributed by atoms with E-state index < -0.39 is 0 Å². The van der Waals surface area contributed by atoms with Crippen LogP contribution < -0.4 is 5.32 Å². The van der Waals surface area contributed by atoms with E-state index in [0.29, 0.717) is 18.0 Å². The average Bonchev–Trinajstić information content (AvgIpc) is 3.17. The Bertz CT molecular complexity index is 657. The highest BCUT2D eigenvalue weighted by atomic mass is 16.3. The summed E-state index contributed by atoms with van der Waals surface area (Å²) in [6, 6.07) is 7.54. The molecule has 0 bridgehead atoms. The maximum absolute atomic E-state index is 12.3. The zero-order valence-electron chi connectivity index (χ0n) is 13.7. The normalized spacial score (nSPS) is 18.5. The molecular formula is C18H24N4O2. The van der Waals surface area contributed by atoms with Crippen LogP contribution in [0.15, 0.2) is 36.7 Å². The number of hydrogen-bond donors (Lipinski definition) is 3. The topological polar surface area (TPSA) is 81.2 Å². The van der Waals surface area contributed by atoms with Gasteiger partial charge in [-0.25, -0.2) is 0 Å². The predicted molar refractivity (Wildman–Crippen MR) is 92.6 cm³/mol. The molecule has 1 amide bonds. The molecule has 1 aliphatic rings. The molecule has 1 unspecified atom stereocenters. The van der Waals surface area contributed by atoms with E-state index in [1.54, 1.807) is 6.20 Å². The van der Waals surface area contributed by atoms with Crippen molar-refractivity contribution in [1.82, 2.24) is 20.4 Å². The number of carbonyl (C=O) groups is 1. The van der Waals surface area contributed by atoms with Gasteiger partial charge in [0.15, 0.2) is 0 Å². The summed E-state index contributed by atoms with van der Waals surface area (Å²) in [7, 11) is 0. The summed E-state index contributed by atoms with van der Waals surface area (Å²) in [6.07, 6.45) is 5.77. The zero-order valence-corrected chi connectivity index (χ0v) is 13.7. The van der Waals surface area contributed by atoms with Gasteiger partial charge in [0.2, 0.25) is 0 Å². The quantitative estimate of drug-likeness (QED) is 0.751. The van der Waals surface area contributed by atoms with Crippen molar-refractivity contribution in [3.8, 4) is 11.1 Å². The number of benzene rings is 1. The number of aliphatic hydroxyl groups is 1. The molecule has 2 aromatic rings. The summed E-state index contributed by atoms with van der Waals surface area (Å²) >= 11 is 0. The fourth-order valence-electron chi connectivity index (χ4n) is 3.18. The van der Waals surface area contributed by atoms with Gasteiger partial charge in [0.1, 0.15) is 0 Å². The number of likely N-dealkylation sites (tertiary alicyclic amines) is 1. The molecule has 3 rings (SSSR count). The minimum absolute atomic E-state index is 0.0592. The number of piperidine rings is 1. The second-order valence-electron chi connectivity index (χ2n) is 6.32. The Morgan fingerprint density at radius 2 is 2.33 bits per heavy atom. The van der Waals surface area contributed by atoms with Gasteiger partial charge in [-0.15, -0.1) is 0 Å². The first-order chi connectivity index (χ1) is 11.8. The molecule has 0 spiro atoms. The van der Waals surface area contributed by atoms with Crippen LogP contribution in [0.25, 0.3) is 11.1 Å². The highest BCUT2D eigenvalue weighted by Gasteiger charge is 2.18. The molecule has 0 saturated carbocycles. The van der Waals surface area contributed by atoms with Crippen molar-refractivity contribution in [3.63, 3.8) is 0 Å². The standard InChI is InChI=1S/C18H24N4O2/c23-13-14-3-2-7-22(12-14)8-6-19-18(24)16-5-1-4-15(9-16)17-10-20-21-11-17/h1,4-5,9-11,14,23H,2-3,6-8,12-13H2,(H,19,24)(H,20,21). The second-order valence-corrected chi connectivity index (χ2v) is 6.32. The van der Waals surface area contributed by atoms with Gasteiger partial charge < -0.3 is 15.3 Å². The van der Waals surface area contributed by atoms with Gasteiger partial charge in [0, 0.05) is 43.6 Å². The van der Waals surface area contributed by atoms with Gasteiger partial charge in [-0.3, -0.25) is 9.89 Å². The molecular weight excluding hydrogens is 304 g/mol. The number of carbonyl (C=O) groups excluding carboxylic acids is 1. The highest BCUT2D eigenvalue weighted by molar-refractivity contribution is 5.95. The predicted octanol–water partition coefficient (Wildman–Crippen LogP) is 1.51. The van der Waals surface area contributed by atoms with Crippen LogP contribution in [-0.2, 0) is 0 Å². The first kappa shape index (κ1) is 16.7. The third-order valence-corrected chi connectivity index (χ3v) is 4.53. The molecule has 6 nitrogen and oxygen atoms in total. The van der Waals surface area contributed by atoms with E-state index in [2.05, 4.69) is 20.4 Å². The number of rotatable bonds is 6. The first-order valence-electron chi connectivity index (χ1n) is 8.47. The van der Waals surface area contributed by atoms with E-state index in [4.69, 9.17) is 0 Å². The summed E-state index contributed by atoms with van der Waals surface area (Å²) < 4.78 is 0. The maximum atomic E-state index is 12.3. The van der Waals surface area contributed by atoms with Crippen LogP contribution >= 0.6 is 0 Å². The Morgan fingerprint density at radius 1 is 1.42 bits per heavy atom. The fraction of sp³-hybridized carbons (Fsp3) is 0.444. The number of hydrogen-bond acceptors (Lipinski definition) is 4. The van der Waals surface area contributed by atoms with Gasteiger partial charge in [-0.2, -0.15) is 5.10 Å². The average molecular weight is 328 g/mol. The highest BCUT2D eigenvalue weighted by Crippen LogP contribution is 2.19. The number of amides is 1. The SMILES string of the molecule is O=C(NCCN1CCCC(CO)C1)c1cccc(-c2cn[nH]c2)c1. The Labute approximate surface area is 141 Å². The molecule has 1 aliphatic heterocycles. The van der Waals surface area contributed by atoms with Crippen molar-refractivity contribution in [3.05, 3.63) is 42.2 Å². The Hall–Kier alpha value is -2.18. The Kier molecular flexibility index (Phi) is 5.61. The molecule has 1 atom stereocenters. The smallest absolute Gasteiger partial charge is 0.251 e. The molecule has 1 aromatic heterocycles. The molecule has 128 valence electrons. The van der Waals surface area contributed by atoms with E-state index in [1.165, 1.54) is 0 Å². The van der Waals surface area contributed by atoms with Crippen LogP contribution in [0.5, 0.6) is 0 Å². The number of nitrogens with one attached hydrogen (secondary N) is 2. The van der Waals surface area contributed by atoms with E-state index in [0.717, 1.165) is 43.6 Å². The first-order valence-corrected chi connectivity index (χ1v) is 8.47. The van der Waals surface area contributed by atoms with Crippen LogP contribution in [0.3, 0.4) is 0 Å². The largest absolute Gasteiger partial charge is 0.396 e. The van der Waals surface area contributed by atoms with Crippen molar-refractivity contribution in [2.45, 2.75) is 12.8 Å². The summed E-state index contributed by atoms with van der Waals surface area (Å²) in [5.41, 5.74) is 2.59. The van der Waals surface area contributed by atoms with Crippen LogP contribution in [-0.4, -0.2) is 58.9 Å².